The first kappa shape index (κ1) is 13.5. The van der Waals surface area contributed by atoms with Gasteiger partial charge in [0.15, 0.2) is 0 Å². The molecule has 2 rings (SSSR count). The van der Waals surface area contributed by atoms with E-state index in [-0.39, 0.29) is 0 Å². The van der Waals surface area contributed by atoms with Gasteiger partial charge in [-0.05, 0) is 48.4 Å². The van der Waals surface area contributed by atoms with Crippen LogP contribution in [0.2, 0.25) is 10.0 Å². The molecule has 2 aromatic carbocycles. The summed E-state index contributed by atoms with van der Waals surface area (Å²) in [6, 6.07) is 10.9. The van der Waals surface area contributed by atoms with Gasteiger partial charge in [0.05, 0.1) is 5.02 Å². The molecular formula is C14H11Cl3O. The largest absolute Gasteiger partial charge is 0.456 e. The molecule has 0 amide bonds. The summed E-state index contributed by atoms with van der Waals surface area (Å²) in [4.78, 5) is 0. The Kier molecular flexibility index (Phi) is 4.39. The van der Waals surface area contributed by atoms with Crippen molar-refractivity contribution in [3.8, 4) is 11.5 Å². The van der Waals surface area contributed by atoms with E-state index in [9.17, 15) is 0 Å². The van der Waals surface area contributed by atoms with Crippen molar-refractivity contribution in [2.45, 2.75) is 12.8 Å². The SMILES string of the molecule is Cc1cc(Oc2ccc(Cl)cc2Cl)ccc1CCl. The summed E-state index contributed by atoms with van der Waals surface area (Å²) in [5, 5.41) is 1.07. The van der Waals surface area contributed by atoms with Crippen molar-refractivity contribution in [3.63, 3.8) is 0 Å². The second-order valence-corrected chi connectivity index (χ2v) is 5.01. The standard InChI is InChI=1S/C14H11Cl3O/c1-9-6-12(4-2-10(9)8-15)18-14-5-3-11(16)7-13(14)17/h2-7H,8H2,1H3. The molecule has 0 bridgehead atoms. The van der Waals surface area contributed by atoms with Crippen molar-refractivity contribution in [1.29, 1.82) is 0 Å². The van der Waals surface area contributed by atoms with Gasteiger partial charge in [-0.1, -0.05) is 29.3 Å². The van der Waals surface area contributed by atoms with Crippen LogP contribution in [0.3, 0.4) is 0 Å². The average molecular weight is 302 g/mol. The first-order chi connectivity index (χ1) is 8.60. The molecule has 94 valence electrons. The average Bonchev–Trinajstić information content (AvgIpc) is 2.33. The Morgan fingerprint density at radius 2 is 1.83 bits per heavy atom. The van der Waals surface area contributed by atoms with Gasteiger partial charge >= 0.3 is 0 Å². The second kappa shape index (κ2) is 5.83. The number of alkyl halides is 1. The maximum atomic E-state index is 6.05. The lowest BCUT2D eigenvalue weighted by Gasteiger charge is -2.10. The van der Waals surface area contributed by atoms with Crippen molar-refractivity contribution < 1.29 is 4.74 Å². The van der Waals surface area contributed by atoms with E-state index >= 15 is 0 Å². The molecule has 0 N–H and O–H groups in total. The maximum absolute atomic E-state index is 6.05. The number of halogens is 3. The predicted molar refractivity (Wildman–Crippen MR) is 77.3 cm³/mol. The van der Waals surface area contributed by atoms with Gasteiger partial charge in [-0.3, -0.25) is 0 Å². The lowest BCUT2D eigenvalue weighted by Crippen LogP contribution is -1.89. The number of rotatable bonds is 3. The van der Waals surface area contributed by atoms with Crippen LogP contribution in [0.25, 0.3) is 0 Å². The summed E-state index contributed by atoms with van der Waals surface area (Å²) in [6.07, 6.45) is 0. The molecule has 0 aromatic heterocycles. The molecule has 0 fully saturated rings. The van der Waals surface area contributed by atoms with Crippen molar-refractivity contribution in [2.75, 3.05) is 0 Å². The Morgan fingerprint density at radius 1 is 1.06 bits per heavy atom. The van der Waals surface area contributed by atoms with Crippen LogP contribution in [-0.4, -0.2) is 0 Å². The van der Waals surface area contributed by atoms with Gasteiger partial charge in [-0.25, -0.2) is 0 Å². The molecule has 0 saturated heterocycles. The molecule has 1 nitrogen and oxygen atoms in total. The molecule has 0 atom stereocenters. The maximum Gasteiger partial charge on any atom is 0.146 e. The number of ether oxygens (including phenoxy) is 1. The first-order valence-electron chi connectivity index (χ1n) is 5.38. The summed E-state index contributed by atoms with van der Waals surface area (Å²) in [6.45, 7) is 1.99. The highest BCUT2D eigenvalue weighted by Crippen LogP contribution is 2.32. The highest BCUT2D eigenvalue weighted by atomic mass is 35.5. The molecule has 0 spiro atoms. The third kappa shape index (κ3) is 3.11. The predicted octanol–water partition coefficient (Wildman–Crippen LogP) is 5.83. The molecule has 2 aromatic rings. The van der Waals surface area contributed by atoms with Crippen LogP contribution in [0.15, 0.2) is 36.4 Å². The molecule has 0 saturated carbocycles. The van der Waals surface area contributed by atoms with E-state index < -0.39 is 0 Å². The molecule has 0 aliphatic carbocycles. The van der Waals surface area contributed by atoms with Crippen LogP contribution in [0.1, 0.15) is 11.1 Å². The Labute approximate surface area is 121 Å². The molecular weight excluding hydrogens is 291 g/mol. The summed E-state index contributed by atoms with van der Waals surface area (Å²) < 4.78 is 5.71. The fourth-order valence-electron chi connectivity index (χ4n) is 1.57. The zero-order valence-corrected chi connectivity index (χ0v) is 12.0. The van der Waals surface area contributed by atoms with Crippen LogP contribution in [0.4, 0.5) is 0 Å². The van der Waals surface area contributed by atoms with Crippen LogP contribution in [0.5, 0.6) is 11.5 Å². The molecule has 0 unspecified atom stereocenters. The van der Waals surface area contributed by atoms with Gasteiger partial charge in [-0.2, -0.15) is 0 Å². The van der Waals surface area contributed by atoms with Gasteiger partial charge in [0.1, 0.15) is 11.5 Å². The molecule has 0 heterocycles. The van der Waals surface area contributed by atoms with E-state index in [4.69, 9.17) is 39.5 Å². The van der Waals surface area contributed by atoms with E-state index in [0.717, 1.165) is 16.9 Å². The number of hydrogen-bond donors (Lipinski definition) is 0. The van der Waals surface area contributed by atoms with Gasteiger partial charge < -0.3 is 4.74 Å². The van der Waals surface area contributed by atoms with E-state index in [1.54, 1.807) is 18.2 Å². The third-order valence-corrected chi connectivity index (χ3v) is 3.40. The van der Waals surface area contributed by atoms with Crippen molar-refractivity contribution in [2.24, 2.45) is 0 Å². The molecule has 0 aliphatic rings. The number of aryl methyl sites for hydroxylation is 1. The van der Waals surface area contributed by atoms with Crippen LogP contribution >= 0.6 is 34.8 Å². The minimum absolute atomic E-state index is 0.488. The van der Waals surface area contributed by atoms with Gasteiger partial charge in [0, 0.05) is 10.9 Å². The van der Waals surface area contributed by atoms with Crippen molar-refractivity contribution in [1.82, 2.24) is 0 Å². The minimum atomic E-state index is 0.488. The van der Waals surface area contributed by atoms with Crippen molar-refractivity contribution in [3.05, 3.63) is 57.6 Å². The van der Waals surface area contributed by atoms with E-state index in [1.807, 2.05) is 25.1 Å². The number of benzene rings is 2. The van der Waals surface area contributed by atoms with Gasteiger partial charge in [-0.15, -0.1) is 11.6 Å². The van der Waals surface area contributed by atoms with Crippen LogP contribution in [0, 0.1) is 6.92 Å². The lowest BCUT2D eigenvalue weighted by molar-refractivity contribution is 0.482. The van der Waals surface area contributed by atoms with Gasteiger partial charge in [0.25, 0.3) is 0 Å². The van der Waals surface area contributed by atoms with Crippen LogP contribution in [-0.2, 0) is 5.88 Å². The highest BCUT2D eigenvalue weighted by Gasteiger charge is 2.05. The molecule has 18 heavy (non-hydrogen) atoms. The summed E-state index contributed by atoms with van der Waals surface area (Å²) in [5.41, 5.74) is 2.18. The summed E-state index contributed by atoms with van der Waals surface area (Å²) >= 11 is 17.7. The molecule has 0 aliphatic heterocycles. The Balaban J connectivity index is 2.26. The topological polar surface area (TPSA) is 9.23 Å². The number of hydrogen-bond acceptors (Lipinski definition) is 1. The van der Waals surface area contributed by atoms with Crippen molar-refractivity contribution >= 4 is 34.8 Å². The van der Waals surface area contributed by atoms with E-state index in [2.05, 4.69) is 0 Å². The fourth-order valence-corrected chi connectivity index (χ4v) is 2.31. The fraction of sp³-hybridized carbons (Fsp3) is 0.143. The summed E-state index contributed by atoms with van der Waals surface area (Å²) in [7, 11) is 0. The van der Waals surface area contributed by atoms with E-state index in [0.29, 0.717) is 21.7 Å². The Bertz CT molecular complexity index is 567. The lowest BCUT2D eigenvalue weighted by atomic mass is 10.1. The van der Waals surface area contributed by atoms with Crippen LogP contribution < -0.4 is 4.74 Å². The first-order valence-corrected chi connectivity index (χ1v) is 6.67. The Morgan fingerprint density at radius 3 is 2.44 bits per heavy atom. The third-order valence-electron chi connectivity index (χ3n) is 2.58. The second-order valence-electron chi connectivity index (χ2n) is 3.90. The molecule has 4 heteroatoms. The smallest absolute Gasteiger partial charge is 0.146 e. The Hall–Kier alpha value is -0.890. The zero-order chi connectivity index (χ0) is 13.1. The minimum Gasteiger partial charge on any atom is -0.456 e. The normalized spacial score (nSPS) is 10.4. The highest BCUT2D eigenvalue weighted by molar-refractivity contribution is 6.35. The summed E-state index contributed by atoms with van der Waals surface area (Å²) in [5.74, 6) is 1.80. The zero-order valence-electron chi connectivity index (χ0n) is 9.71. The quantitative estimate of drug-likeness (QED) is 0.648. The monoisotopic (exact) mass is 300 g/mol. The van der Waals surface area contributed by atoms with E-state index in [1.165, 1.54) is 0 Å². The van der Waals surface area contributed by atoms with Gasteiger partial charge in [0.2, 0.25) is 0 Å². The molecule has 0 radical (unpaired) electrons.